The van der Waals surface area contributed by atoms with Gasteiger partial charge in [-0.05, 0) is 25.1 Å². The van der Waals surface area contributed by atoms with Crippen LogP contribution in [-0.4, -0.2) is 23.6 Å². The summed E-state index contributed by atoms with van der Waals surface area (Å²) in [6, 6.07) is 0.669. The molecule has 68 valence electrons. The molecule has 0 aliphatic heterocycles. The summed E-state index contributed by atoms with van der Waals surface area (Å²) in [4.78, 5) is 0. The average molecular weight is 175 g/mol. The summed E-state index contributed by atoms with van der Waals surface area (Å²) in [7, 11) is 0. The van der Waals surface area contributed by atoms with Gasteiger partial charge in [-0.1, -0.05) is 20.8 Å². The predicted molar refractivity (Wildman–Crippen MR) is 55.3 cm³/mol. The zero-order chi connectivity index (χ0) is 8.69. The molecule has 11 heavy (non-hydrogen) atoms. The van der Waals surface area contributed by atoms with Gasteiger partial charge in [-0.2, -0.15) is 11.8 Å². The molecule has 0 aliphatic carbocycles. The van der Waals surface area contributed by atoms with Gasteiger partial charge in [0.05, 0.1) is 0 Å². The molecule has 0 radical (unpaired) electrons. The van der Waals surface area contributed by atoms with Crippen molar-refractivity contribution < 1.29 is 0 Å². The highest BCUT2D eigenvalue weighted by Crippen LogP contribution is 2.09. The Kier molecular flexibility index (Phi) is 7.18. The number of hydrogen-bond acceptors (Lipinski definition) is 2. The molecule has 1 atom stereocenters. The van der Waals surface area contributed by atoms with E-state index in [4.69, 9.17) is 0 Å². The quantitative estimate of drug-likeness (QED) is 0.666. The van der Waals surface area contributed by atoms with Crippen molar-refractivity contribution in [3.05, 3.63) is 0 Å². The third-order valence-corrected chi connectivity index (χ3v) is 2.78. The Morgan fingerprint density at radius 2 is 1.91 bits per heavy atom. The Bertz CT molecular complexity index is 83.6. The smallest absolute Gasteiger partial charge is 0.0130 e. The SMILES string of the molecule is CCCNC(C)CSC(C)C. The zero-order valence-corrected chi connectivity index (χ0v) is 9.00. The first-order chi connectivity index (χ1) is 5.16. The Hall–Kier alpha value is 0.310. The van der Waals surface area contributed by atoms with E-state index in [1.807, 2.05) is 11.8 Å². The summed E-state index contributed by atoms with van der Waals surface area (Å²) in [5.41, 5.74) is 0. The molecular weight excluding hydrogens is 154 g/mol. The van der Waals surface area contributed by atoms with Crippen molar-refractivity contribution in [3.8, 4) is 0 Å². The van der Waals surface area contributed by atoms with Gasteiger partial charge in [0.15, 0.2) is 0 Å². The van der Waals surface area contributed by atoms with E-state index in [-0.39, 0.29) is 0 Å². The van der Waals surface area contributed by atoms with Gasteiger partial charge in [0, 0.05) is 11.8 Å². The molecule has 0 aromatic rings. The van der Waals surface area contributed by atoms with Crippen LogP contribution in [0.25, 0.3) is 0 Å². The normalized spacial score (nSPS) is 13.9. The van der Waals surface area contributed by atoms with Crippen LogP contribution in [0.3, 0.4) is 0 Å². The lowest BCUT2D eigenvalue weighted by molar-refractivity contribution is 0.590. The molecule has 0 aromatic heterocycles. The molecular formula is C9H21NS. The molecule has 2 heteroatoms. The Morgan fingerprint density at radius 3 is 2.36 bits per heavy atom. The maximum atomic E-state index is 3.47. The fourth-order valence-electron chi connectivity index (χ4n) is 0.786. The molecule has 0 spiro atoms. The monoisotopic (exact) mass is 175 g/mol. The molecule has 0 saturated carbocycles. The second-order valence-corrected chi connectivity index (χ2v) is 4.85. The van der Waals surface area contributed by atoms with Crippen molar-refractivity contribution >= 4 is 11.8 Å². The van der Waals surface area contributed by atoms with Crippen LogP contribution in [-0.2, 0) is 0 Å². The molecule has 1 nitrogen and oxygen atoms in total. The highest BCUT2D eigenvalue weighted by Gasteiger charge is 2.01. The van der Waals surface area contributed by atoms with Gasteiger partial charge < -0.3 is 5.32 Å². The van der Waals surface area contributed by atoms with E-state index in [1.165, 1.54) is 12.2 Å². The highest BCUT2D eigenvalue weighted by molar-refractivity contribution is 7.99. The van der Waals surface area contributed by atoms with Crippen LogP contribution in [0.2, 0.25) is 0 Å². The van der Waals surface area contributed by atoms with E-state index in [0.29, 0.717) is 6.04 Å². The van der Waals surface area contributed by atoms with Gasteiger partial charge in [-0.3, -0.25) is 0 Å². The predicted octanol–water partition coefficient (Wildman–Crippen LogP) is 2.52. The summed E-state index contributed by atoms with van der Waals surface area (Å²) in [5.74, 6) is 1.23. The molecule has 1 N–H and O–H groups in total. The number of nitrogens with one attached hydrogen (secondary N) is 1. The Labute approximate surface area is 75.3 Å². The molecule has 0 aromatic carbocycles. The first kappa shape index (κ1) is 11.3. The van der Waals surface area contributed by atoms with Gasteiger partial charge in [-0.15, -0.1) is 0 Å². The maximum absolute atomic E-state index is 3.47. The third-order valence-electron chi connectivity index (χ3n) is 1.42. The van der Waals surface area contributed by atoms with Crippen LogP contribution in [0.4, 0.5) is 0 Å². The van der Waals surface area contributed by atoms with Crippen molar-refractivity contribution in [2.75, 3.05) is 12.3 Å². The van der Waals surface area contributed by atoms with Crippen molar-refractivity contribution in [1.82, 2.24) is 5.32 Å². The van der Waals surface area contributed by atoms with E-state index >= 15 is 0 Å². The van der Waals surface area contributed by atoms with Crippen molar-refractivity contribution in [1.29, 1.82) is 0 Å². The van der Waals surface area contributed by atoms with Gasteiger partial charge in [0.25, 0.3) is 0 Å². The lowest BCUT2D eigenvalue weighted by atomic mass is 10.3. The Balaban J connectivity index is 3.15. The maximum Gasteiger partial charge on any atom is 0.0130 e. The van der Waals surface area contributed by atoms with Crippen molar-refractivity contribution in [3.63, 3.8) is 0 Å². The van der Waals surface area contributed by atoms with Crippen LogP contribution in [0.5, 0.6) is 0 Å². The first-order valence-corrected chi connectivity index (χ1v) is 5.56. The van der Waals surface area contributed by atoms with Crippen LogP contribution >= 0.6 is 11.8 Å². The minimum Gasteiger partial charge on any atom is -0.313 e. The summed E-state index contributed by atoms with van der Waals surface area (Å²) in [6.45, 7) is 10.1. The van der Waals surface area contributed by atoms with Crippen LogP contribution < -0.4 is 5.32 Å². The fraction of sp³-hybridized carbons (Fsp3) is 1.00. The second-order valence-electron chi connectivity index (χ2n) is 3.24. The lowest BCUT2D eigenvalue weighted by Crippen LogP contribution is -2.29. The number of rotatable bonds is 6. The fourth-order valence-corrected chi connectivity index (χ4v) is 1.58. The zero-order valence-electron chi connectivity index (χ0n) is 8.18. The van der Waals surface area contributed by atoms with Gasteiger partial charge in [0.1, 0.15) is 0 Å². The van der Waals surface area contributed by atoms with E-state index < -0.39 is 0 Å². The molecule has 0 amide bonds. The minimum absolute atomic E-state index is 0.669. The molecule has 0 bridgehead atoms. The van der Waals surface area contributed by atoms with Crippen LogP contribution in [0.1, 0.15) is 34.1 Å². The van der Waals surface area contributed by atoms with Crippen LogP contribution in [0, 0.1) is 0 Å². The average Bonchev–Trinajstić information content (AvgIpc) is 1.97. The molecule has 0 fully saturated rings. The van der Waals surface area contributed by atoms with Crippen LogP contribution in [0.15, 0.2) is 0 Å². The first-order valence-electron chi connectivity index (χ1n) is 4.51. The standard InChI is InChI=1S/C9H21NS/c1-5-6-10-9(4)7-11-8(2)3/h8-10H,5-7H2,1-4H3. The van der Waals surface area contributed by atoms with E-state index in [1.54, 1.807) is 0 Å². The van der Waals surface area contributed by atoms with Gasteiger partial charge in [0.2, 0.25) is 0 Å². The van der Waals surface area contributed by atoms with Gasteiger partial charge >= 0.3 is 0 Å². The van der Waals surface area contributed by atoms with Gasteiger partial charge in [-0.25, -0.2) is 0 Å². The molecule has 1 unspecified atom stereocenters. The number of hydrogen-bond donors (Lipinski definition) is 1. The van der Waals surface area contributed by atoms with Crippen molar-refractivity contribution in [2.24, 2.45) is 0 Å². The molecule has 0 rings (SSSR count). The van der Waals surface area contributed by atoms with E-state index in [9.17, 15) is 0 Å². The Morgan fingerprint density at radius 1 is 1.27 bits per heavy atom. The number of thioether (sulfide) groups is 1. The third kappa shape index (κ3) is 8.21. The highest BCUT2D eigenvalue weighted by atomic mass is 32.2. The summed E-state index contributed by atoms with van der Waals surface area (Å²) in [6.07, 6.45) is 1.23. The van der Waals surface area contributed by atoms with E-state index in [2.05, 4.69) is 33.0 Å². The lowest BCUT2D eigenvalue weighted by Gasteiger charge is -2.13. The molecule has 0 aliphatic rings. The largest absolute Gasteiger partial charge is 0.313 e. The summed E-state index contributed by atoms with van der Waals surface area (Å²) >= 11 is 2.03. The van der Waals surface area contributed by atoms with Crippen molar-refractivity contribution in [2.45, 2.75) is 45.4 Å². The summed E-state index contributed by atoms with van der Waals surface area (Å²) < 4.78 is 0. The molecule has 0 saturated heterocycles. The molecule has 0 heterocycles. The minimum atomic E-state index is 0.669. The summed E-state index contributed by atoms with van der Waals surface area (Å²) in [5, 5.41) is 4.23. The van der Waals surface area contributed by atoms with E-state index in [0.717, 1.165) is 11.8 Å². The topological polar surface area (TPSA) is 12.0 Å². The second kappa shape index (κ2) is 6.99.